The van der Waals surface area contributed by atoms with Crippen molar-refractivity contribution in [2.24, 2.45) is 0 Å². The molecule has 0 radical (unpaired) electrons. The molecule has 0 spiro atoms. The summed E-state index contributed by atoms with van der Waals surface area (Å²) < 4.78 is 11.5. The minimum atomic E-state index is -0.439. The number of hydrogen-bond acceptors (Lipinski definition) is 6. The third-order valence-electron chi connectivity index (χ3n) is 4.69. The van der Waals surface area contributed by atoms with Gasteiger partial charge in [-0.2, -0.15) is 0 Å². The van der Waals surface area contributed by atoms with Crippen molar-refractivity contribution in [3.8, 4) is 5.75 Å². The molecule has 0 bridgehead atoms. The molecular formula is C21H17ClN2O4S. The second kappa shape index (κ2) is 7.85. The third kappa shape index (κ3) is 3.97. The molecule has 4 rings (SSSR count). The maximum Gasteiger partial charge on any atom is 0.339 e. The number of aromatic nitrogens is 1. The lowest BCUT2D eigenvalue weighted by molar-refractivity contribution is -0.116. The first-order valence-corrected chi connectivity index (χ1v) is 10.1. The smallest absolute Gasteiger partial charge is 0.339 e. The first kappa shape index (κ1) is 19.4. The van der Waals surface area contributed by atoms with Crippen LogP contribution in [0.25, 0.3) is 21.2 Å². The van der Waals surface area contributed by atoms with Crippen LogP contribution in [0.2, 0.25) is 5.02 Å². The molecule has 0 aliphatic carbocycles. The maximum absolute atomic E-state index is 12.4. The highest BCUT2D eigenvalue weighted by atomic mass is 35.5. The van der Waals surface area contributed by atoms with Crippen LogP contribution in [0.5, 0.6) is 5.75 Å². The van der Waals surface area contributed by atoms with Gasteiger partial charge < -0.3 is 14.5 Å². The molecule has 2 aromatic carbocycles. The van der Waals surface area contributed by atoms with Crippen LogP contribution in [0, 0.1) is 6.92 Å². The van der Waals surface area contributed by atoms with Crippen LogP contribution in [0.4, 0.5) is 5.13 Å². The minimum absolute atomic E-state index is 0.143. The number of nitrogens with one attached hydrogen (secondary N) is 1. The number of hydrogen-bond donors (Lipinski definition) is 1. The quantitative estimate of drug-likeness (QED) is 0.455. The van der Waals surface area contributed by atoms with Crippen molar-refractivity contribution >= 4 is 55.2 Å². The van der Waals surface area contributed by atoms with Gasteiger partial charge >= 0.3 is 5.63 Å². The van der Waals surface area contributed by atoms with Crippen molar-refractivity contribution in [2.45, 2.75) is 19.8 Å². The minimum Gasteiger partial charge on any atom is -0.497 e. The Morgan fingerprint density at radius 3 is 2.90 bits per heavy atom. The number of fused-ring (bicyclic) bond motifs is 2. The van der Waals surface area contributed by atoms with E-state index in [1.54, 1.807) is 19.2 Å². The fraction of sp³-hybridized carbons (Fsp3) is 0.190. The molecule has 0 saturated carbocycles. The molecule has 8 heteroatoms. The summed E-state index contributed by atoms with van der Waals surface area (Å²) in [4.78, 5) is 29.2. The first-order chi connectivity index (χ1) is 13.9. The average Bonchev–Trinajstić information content (AvgIpc) is 3.08. The van der Waals surface area contributed by atoms with E-state index in [1.807, 2.05) is 31.2 Å². The molecule has 0 atom stereocenters. The van der Waals surface area contributed by atoms with Gasteiger partial charge in [0.15, 0.2) is 5.13 Å². The van der Waals surface area contributed by atoms with Gasteiger partial charge in [0, 0.05) is 28.5 Å². The fourth-order valence-electron chi connectivity index (χ4n) is 3.16. The molecule has 6 nitrogen and oxygen atoms in total. The Hall–Kier alpha value is -2.90. The van der Waals surface area contributed by atoms with Crippen LogP contribution in [-0.2, 0) is 11.2 Å². The van der Waals surface area contributed by atoms with Gasteiger partial charge in [0.2, 0.25) is 5.91 Å². The van der Waals surface area contributed by atoms with E-state index < -0.39 is 5.63 Å². The number of thiazole rings is 1. The van der Waals surface area contributed by atoms with Crippen molar-refractivity contribution in [3.05, 3.63) is 63.0 Å². The topological polar surface area (TPSA) is 81.4 Å². The molecule has 1 amide bonds. The Kier molecular flexibility index (Phi) is 5.25. The highest BCUT2D eigenvalue weighted by Gasteiger charge is 2.15. The van der Waals surface area contributed by atoms with Gasteiger partial charge in [-0.1, -0.05) is 22.9 Å². The number of ether oxygens (including phenoxy) is 1. The Labute approximate surface area is 175 Å². The zero-order valence-electron chi connectivity index (χ0n) is 15.7. The molecule has 0 aliphatic heterocycles. The number of amides is 1. The maximum atomic E-state index is 12.4. The summed E-state index contributed by atoms with van der Waals surface area (Å²) >= 11 is 7.34. The Morgan fingerprint density at radius 2 is 2.10 bits per heavy atom. The van der Waals surface area contributed by atoms with E-state index in [2.05, 4.69) is 10.3 Å². The zero-order chi connectivity index (χ0) is 20.5. The van der Waals surface area contributed by atoms with Crippen molar-refractivity contribution in [2.75, 3.05) is 12.4 Å². The monoisotopic (exact) mass is 428 g/mol. The molecule has 0 saturated heterocycles. The van der Waals surface area contributed by atoms with E-state index in [1.165, 1.54) is 11.3 Å². The van der Waals surface area contributed by atoms with Crippen LogP contribution >= 0.6 is 22.9 Å². The second-order valence-electron chi connectivity index (χ2n) is 6.53. The third-order valence-corrected chi connectivity index (χ3v) is 5.86. The second-order valence-corrected chi connectivity index (χ2v) is 8.00. The van der Waals surface area contributed by atoms with Crippen molar-refractivity contribution in [1.29, 1.82) is 0 Å². The van der Waals surface area contributed by atoms with Crippen LogP contribution in [0.1, 0.15) is 17.5 Å². The number of rotatable bonds is 5. The molecule has 29 heavy (non-hydrogen) atoms. The Morgan fingerprint density at radius 1 is 1.28 bits per heavy atom. The summed E-state index contributed by atoms with van der Waals surface area (Å²) in [5.41, 5.74) is 2.10. The molecular weight excluding hydrogens is 412 g/mol. The number of carbonyl (C=O) groups excluding carboxylic acids is 1. The first-order valence-electron chi connectivity index (χ1n) is 8.91. The summed E-state index contributed by atoms with van der Waals surface area (Å²) in [5, 5.41) is 4.73. The molecule has 0 fully saturated rings. The highest BCUT2D eigenvalue weighted by Crippen LogP contribution is 2.28. The molecule has 1 N–H and O–H groups in total. The van der Waals surface area contributed by atoms with Gasteiger partial charge in [-0.15, -0.1) is 0 Å². The van der Waals surface area contributed by atoms with Gasteiger partial charge in [0.05, 0.1) is 17.3 Å². The van der Waals surface area contributed by atoms with Gasteiger partial charge in [-0.3, -0.25) is 4.79 Å². The molecule has 2 heterocycles. The molecule has 0 unspecified atom stereocenters. The number of anilines is 1. The van der Waals surface area contributed by atoms with Crippen molar-refractivity contribution < 1.29 is 13.9 Å². The van der Waals surface area contributed by atoms with Crippen LogP contribution < -0.4 is 15.7 Å². The zero-order valence-corrected chi connectivity index (χ0v) is 17.3. The summed E-state index contributed by atoms with van der Waals surface area (Å²) in [6, 6.07) is 10.7. The van der Waals surface area contributed by atoms with E-state index in [9.17, 15) is 9.59 Å². The standard InChI is InChI=1S/C21H17ClN2O4S/c1-11-14-5-4-13(27-2)10-17(14)28-20(26)15(11)6-8-19(25)24-21-23-16-7-3-12(22)9-18(16)29-21/h3-5,7,9-10H,6,8H2,1-2H3,(H,23,24,25). The number of methoxy groups -OCH3 is 1. The van der Waals surface area contributed by atoms with Crippen LogP contribution in [-0.4, -0.2) is 18.0 Å². The molecule has 148 valence electrons. The van der Waals surface area contributed by atoms with E-state index in [0.29, 0.717) is 27.1 Å². The van der Waals surface area contributed by atoms with E-state index in [4.69, 9.17) is 20.8 Å². The average molecular weight is 429 g/mol. The largest absolute Gasteiger partial charge is 0.497 e. The highest BCUT2D eigenvalue weighted by molar-refractivity contribution is 7.22. The lowest BCUT2D eigenvalue weighted by Gasteiger charge is -2.08. The summed E-state index contributed by atoms with van der Waals surface area (Å²) in [7, 11) is 1.55. The van der Waals surface area contributed by atoms with Gasteiger partial charge in [0.1, 0.15) is 11.3 Å². The predicted octanol–water partition coefficient (Wildman–Crippen LogP) is 4.94. The SMILES string of the molecule is COc1ccc2c(C)c(CCC(=O)Nc3nc4ccc(Cl)cc4s3)c(=O)oc2c1. The van der Waals surface area contributed by atoms with Crippen LogP contribution in [0.15, 0.2) is 45.6 Å². The molecule has 0 aliphatic rings. The molecule has 4 aromatic rings. The number of aryl methyl sites for hydroxylation is 1. The van der Waals surface area contributed by atoms with E-state index in [-0.39, 0.29) is 18.7 Å². The number of halogens is 1. The summed E-state index contributed by atoms with van der Waals surface area (Å²) in [5.74, 6) is 0.396. The van der Waals surface area contributed by atoms with Gasteiger partial charge in [-0.25, -0.2) is 9.78 Å². The van der Waals surface area contributed by atoms with Gasteiger partial charge in [-0.05, 0) is 49.2 Å². The lowest BCUT2D eigenvalue weighted by atomic mass is 10.0. The van der Waals surface area contributed by atoms with Crippen molar-refractivity contribution in [3.63, 3.8) is 0 Å². The number of benzene rings is 2. The van der Waals surface area contributed by atoms with Crippen LogP contribution in [0.3, 0.4) is 0 Å². The van der Waals surface area contributed by atoms with E-state index >= 15 is 0 Å². The Bertz CT molecular complexity index is 1300. The predicted molar refractivity (Wildman–Crippen MR) is 115 cm³/mol. The normalized spacial score (nSPS) is 11.1. The summed E-state index contributed by atoms with van der Waals surface area (Å²) in [6.07, 6.45) is 0.419. The van der Waals surface area contributed by atoms with E-state index in [0.717, 1.165) is 21.2 Å². The fourth-order valence-corrected chi connectivity index (χ4v) is 4.32. The Balaban J connectivity index is 1.51. The lowest BCUT2D eigenvalue weighted by Crippen LogP contribution is -2.16. The number of carbonyl (C=O) groups is 1. The molecule has 2 aromatic heterocycles. The number of nitrogens with zero attached hydrogens (tertiary/aromatic N) is 1. The summed E-state index contributed by atoms with van der Waals surface area (Å²) in [6.45, 7) is 1.86. The van der Waals surface area contributed by atoms with Crippen molar-refractivity contribution in [1.82, 2.24) is 4.98 Å². The van der Waals surface area contributed by atoms with Gasteiger partial charge in [0.25, 0.3) is 0 Å².